The van der Waals surface area contributed by atoms with E-state index in [4.69, 9.17) is 0 Å². The average molecular weight is 485 g/mol. The molecule has 1 amide bonds. The van der Waals surface area contributed by atoms with Crippen LogP contribution in [0.3, 0.4) is 0 Å². The minimum Gasteiger partial charge on any atom is -0.341 e. The minimum atomic E-state index is -3.66. The monoisotopic (exact) mass is 484 g/mol. The Bertz CT molecular complexity index is 1390. The molecule has 0 bridgehead atoms. The van der Waals surface area contributed by atoms with Gasteiger partial charge in [0.1, 0.15) is 0 Å². The highest BCUT2D eigenvalue weighted by molar-refractivity contribution is 7.92. The quantitative estimate of drug-likeness (QED) is 0.360. The van der Waals surface area contributed by atoms with Gasteiger partial charge in [0.05, 0.1) is 30.1 Å². The summed E-state index contributed by atoms with van der Waals surface area (Å²) in [5.74, 6) is -0.350. The Morgan fingerprint density at radius 1 is 0.771 bits per heavy atom. The molecule has 178 valence electrons. The van der Waals surface area contributed by atoms with Gasteiger partial charge in [0.25, 0.3) is 5.91 Å². The molecule has 4 aromatic carbocycles. The van der Waals surface area contributed by atoms with E-state index >= 15 is 0 Å². The van der Waals surface area contributed by atoms with Gasteiger partial charge in [0, 0.05) is 0 Å². The third kappa shape index (κ3) is 5.97. The van der Waals surface area contributed by atoms with Crippen molar-refractivity contribution in [3.05, 3.63) is 137 Å². The first-order chi connectivity index (χ1) is 16.8. The van der Waals surface area contributed by atoms with Gasteiger partial charge in [0.2, 0.25) is 10.0 Å². The molecule has 0 heterocycles. The summed E-state index contributed by atoms with van der Waals surface area (Å²) in [6.07, 6.45) is 1.16. The number of benzene rings is 4. The molecule has 5 nitrogen and oxygen atoms in total. The molecular weight excluding hydrogens is 456 g/mol. The molecule has 0 aliphatic carbocycles. The number of para-hydroxylation sites is 1. The van der Waals surface area contributed by atoms with Crippen molar-refractivity contribution in [2.75, 3.05) is 10.6 Å². The molecule has 0 saturated heterocycles. The van der Waals surface area contributed by atoms with E-state index in [2.05, 4.69) is 5.32 Å². The molecule has 4 rings (SSSR count). The second kappa shape index (κ2) is 10.6. The highest BCUT2D eigenvalue weighted by Gasteiger charge is 2.25. The topological polar surface area (TPSA) is 66.5 Å². The fourth-order valence-electron chi connectivity index (χ4n) is 3.99. The molecule has 35 heavy (non-hydrogen) atoms. The van der Waals surface area contributed by atoms with E-state index in [-0.39, 0.29) is 12.5 Å². The number of anilines is 1. The third-order valence-electron chi connectivity index (χ3n) is 5.81. The number of carbonyl (C=O) groups is 1. The Morgan fingerprint density at radius 3 is 1.94 bits per heavy atom. The first-order valence-electron chi connectivity index (χ1n) is 11.4. The highest BCUT2D eigenvalue weighted by Crippen LogP contribution is 2.28. The van der Waals surface area contributed by atoms with Crippen molar-refractivity contribution >= 4 is 21.6 Å². The van der Waals surface area contributed by atoms with Crippen LogP contribution in [0.2, 0.25) is 0 Å². The second-order valence-corrected chi connectivity index (χ2v) is 10.4. The third-order valence-corrected chi connectivity index (χ3v) is 6.93. The maximum atomic E-state index is 13.6. The number of nitrogens with one attached hydrogen (secondary N) is 1. The van der Waals surface area contributed by atoms with Crippen LogP contribution in [0.5, 0.6) is 0 Å². The molecule has 4 aromatic rings. The molecule has 0 aliphatic heterocycles. The number of nitrogens with zero attached hydrogens (tertiary/aromatic N) is 1. The number of carbonyl (C=O) groups excluding carboxylic acids is 1. The van der Waals surface area contributed by atoms with Crippen LogP contribution in [0.4, 0.5) is 5.69 Å². The highest BCUT2D eigenvalue weighted by atomic mass is 32.2. The van der Waals surface area contributed by atoms with Crippen LogP contribution < -0.4 is 9.62 Å². The Labute approximate surface area is 207 Å². The number of aryl methyl sites for hydroxylation is 1. The van der Waals surface area contributed by atoms with Crippen LogP contribution in [-0.4, -0.2) is 20.6 Å². The maximum absolute atomic E-state index is 13.6. The summed E-state index contributed by atoms with van der Waals surface area (Å²) in [5.41, 5.74) is 4.47. The Kier molecular flexibility index (Phi) is 7.32. The van der Waals surface area contributed by atoms with Gasteiger partial charge in [-0.05, 0) is 35.7 Å². The van der Waals surface area contributed by atoms with Crippen LogP contribution in [0.15, 0.2) is 109 Å². The smallest absolute Gasteiger partial charge is 0.254 e. The fourth-order valence-corrected chi connectivity index (χ4v) is 4.89. The van der Waals surface area contributed by atoms with Crippen LogP contribution in [0.25, 0.3) is 0 Å². The van der Waals surface area contributed by atoms with E-state index in [1.165, 1.54) is 4.31 Å². The molecular formula is C29H28N2O3S. The van der Waals surface area contributed by atoms with E-state index in [0.717, 1.165) is 28.5 Å². The van der Waals surface area contributed by atoms with E-state index < -0.39 is 16.1 Å². The van der Waals surface area contributed by atoms with Crippen molar-refractivity contribution in [3.63, 3.8) is 0 Å². The predicted octanol–water partition coefficient (Wildman–Crippen LogP) is 5.48. The van der Waals surface area contributed by atoms with Crippen molar-refractivity contribution in [3.8, 4) is 0 Å². The lowest BCUT2D eigenvalue weighted by Gasteiger charge is -2.26. The van der Waals surface area contributed by atoms with Crippen molar-refractivity contribution < 1.29 is 13.2 Å². The van der Waals surface area contributed by atoms with Gasteiger partial charge in [0.15, 0.2) is 0 Å². The summed E-state index contributed by atoms with van der Waals surface area (Å²) in [4.78, 5) is 13.6. The molecule has 0 fully saturated rings. The summed E-state index contributed by atoms with van der Waals surface area (Å²) in [6.45, 7) is 2.15. The van der Waals surface area contributed by atoms with Crippen LogP contribution in [0.1, 0.15) is 38.7 Å². The first kappa shape index (κ1) is 24.2. The molecule has 1 atom stereocenters. The van der Waals surface area contributed by atoms with Gasteiger partial charge in [-0.3, -0.25) is 9.10 Å². The molecule has 0 aromatic heterocycles. The Hall–Kier alpha value is -3.90. The average Bonchev–Trinajstić information content (AvgIpc) is 2.87. The van der Waals surface area contributed by atoms with Crippen LogP contribution in [-0.2, 0) is 16.6 Å². The lowest BCUT2D eigenvalue weighted by atomic mass is 9.97. The molecule has 0 spiro atoms. The molecule has 1 N–H and O–H groups in total. The summed E-state index contributed by atoms with van der Waals surface area (Å²) in [7, 11) is -3.66. The van der Waals surface area contributed by atoms with E-state index in [0.29, 0.717) is 11.3 Å². The number of amides is 1. The van der Waals surface area contributed by atoms with Gasteiger partial charge in [-0.25, -0.2) is 8.42 Å². The van der Waals surface area contributed by atoms with Crippen LogP contribution in [0, 0.1) is 6.92 Å². The lowest BCUT2D eigenvalue weighted by molar-refractivity contribution is 0.0943. The normalized spacial score (nSPS) is 12.1. The van der Waals surface area contributed by atoms with Gasteiger partial charge in [-0.1, -0.05) is 103 Å². The number of rotatable bonds is 8. The van der Waals surface area contributed by atoms with Crippen molar-refractivity contribution in [2.45, 2.75) is 19.5 Å². The van der Waals surface area contributed by atoms with Gasteiger partial charge in [-0.2, -0.15) is 0 Å². The van der Waals surface area contributed by atoms with E-state index in [1.807, 2.05) is 91.9 Å². The SMILES string of the molecule is Cc1ccc([C@H](NC(=O)c2ccccc2N(Cc2ccccc2)S(C)(=O)=O)c2ccccc2)cc1. The molecule has 0 unspecified atom stereocenters. The number of hydrogen-bond donors (Lipinski definition) is 1. The summed E-state index contributed by atoms with van der Waals surface area (Å²) in [6, 6.07) is 33.5. The van der Waals surface area contributed by atoms with Gasteiger partial charge in [-0.15, -0.1) is 0 Å². The summed E-state index contributed by atoms with van der Waals surface area (Å²) in [5, 5.41) is 3.14. The summed E-state index contributed by atoms with van der Waals surface area (Å²) < 4.78 is 26.9. The molecule has 0 radical (unpaired) electrons. The predicted molar refractivity (Wildman–Crippen MR) is 141 cm³/mol. The van der Waals surface area contributed by atoms with E-state index in [9.17, 15) is 13.2 Å². The molecule has 0 aliphatic rings. The maximum Gasteiger partial charge on any atom is 0.254 e. The fraction of sp³-hybridized carbons (Fsp3) is 0.138. The summed E-state index contributed by atoms with van der Waals surface area (Å²) >= 11 is 0. The van der Waals surface area contributed by atoms with Crippen molar-refractivity contribution in [1.82, 2.24) is 5.32 Å². The van der Waals surface area contributed by atoms with Gasteiger partial charge < -0.3 is 5.32 Å². The zero-order valence-corrected chi connectivity index (χ0v) is 20.6. The first-order valence-corrected chi connectivity index (χ1v) is 13.2. The van der Waals surface area contributed by atoms with Crippen LogP contribution >= 0.6 is 0 Å². The largest absolute Gasteiger partial charge is 0.341 e. The zero-order chi connectivity index (χ0) is 24.8. The van der Waals surface area contributed by atoms with Crippen molar-refractivity contribution in [2.24, 2.45) is 0 Å². The number of sulfonamides is 1. The minimum absolute atomic E-state index is 0.129. The molecule has 0 saturated carbocycles. The second-order valence-electron chi connectivity index (χ2n) is 8.50. The van der Waals surface area contributed by atoms with Gasteiger partial charge >= 0.3 is 0 Å². The Morgan fingerprint density at radius 2 is 1.31 bits per heavy atom. The van der Waals surface area contributed by atoms with E-state index in [1.54, 1.807) is 24.3 Å². The lowest BCUT2D eigenvalue weighted by Crippen LogP contribution is -2.34. The van der Waals surface area contributed by atoms with Crippen molar-refractivity contribution in [1.29, 1.82) is 0 Å². The Balaban J connectivity index is 1.71. The number of hydrogen-bond acceptors (Lipinski definition) is 3. The molecule has 6 heteroatoms. The zero-order valence-electron chi connectivity index (χ0n) is 19.8. The standard InChI is InChI=1S/C29H28N2O3S/c1-22-17-19-25(20-18-22)28(24-13-7-4-8-14-24)30-29(32)26-15-9-10-16-27(26)31(35(2,33)34)21-23-11-5-3-6-12-23/h3-20,28H,21H2,1-2H3,(H,30,32)/t28-/m1/s1.